The van der Waals surface area contributed by atoms with Gasteiger partial charge in [0.05, 0.1) is 24.8 Å². The highest BCUT2D eigenvalue weighted by atomic mass is 32.1. The number of nitrogens with one attached hydrogen (secondary N) is 1. The molecule has 198 valence electrons. The van der Waals surface area contributed by atoms with Crippen molar-refractivity contribution in [1.82, 2.24) is 9.55 Å². The van der Waals surface area contributed by atoms with Crippen LogP contribution in [0.15, 0.2) is 42.6 Å². The van der Waals surface area contributed by atoms with E-state index in [9.17, 15) is 19.6 Å². The van der Waals surface area contributed by atoms with E-state index >= 15 is 0 Å². The summed E-state index contributed by atoms with van der Waals surface area (Å²) in [6, 6.07) is 9.96. The van der Waals surface area contributed by atoms with Crippen LogP contribution >= 0.6 is 32.0 Å². The molecule has 1 aromatic heterocycles. The third-order valence-electron chi connectivity index (χ3n) is 5.53. The van der Waals surface area contributed by atoms with Crippen LogP contribution < -0.4 is 4.52 Å². The van der Waals surface area contributed by atoms with E-state index in [1.807, 2.05) is 0 Å². The van der Waals surface area contributed by atoms with Gasteiger partial charge in [-0.3, -0.25) is 13.9 Å². The smallest absolute Gasteiger partial charge is 0.380 e. The monoisotopic (exact) mass is 558 g/mol. The zero-order valence-corrected chi connectivity index (χ0v) is 22.9. The van der Waals surface area contributed by atoms with Crippen LogP contribution in [0.4, 0.5) is 0 Å². The minimum atomic E-state index is -3.94. The van der Waals surface area contributed by atoms with Gasteiger partial charge in [0.2, 0.25) is 0 Å². The quantitative estimate of drug-likeness (QED) is 0.222. The van der Waals surface area contributed by atoms with Crippen molar-refractivity contribution in [2.24, 2.45) is 5.92 Å². The standard InChI is InChI=1S/C23H31N2O8PS2/c1-14(2)31-20(27)15(3)13-34(29,33-16-8-6-5-7-9-16)30-12-17-19(26)23(4,28)21(32-17)25-11-10-18(35)24-22(25)36/h5-11,14-15,17,19,21,26,28H,12-13H2,1-4H3,(H,24,35,36)/t15-,17-,19+,21-,23?,34?/m1/s1. The first kappa shape index (κ1) is 28.6. The van der Waals surface area contributed by atoms with Crippen molar-refractivity contribution in [1.29, 1.82) is 0 Å². The van der Waals surface area contributed by atoms with Crippen molar-refractivity contribution in [3.63, 3.8) is 0 Å². The molecule has 36 heavy (non-hydrogen) atoms. The molecule has 2 aromatic rings. The van der Waals surface area contributed by atoms with Crippen molar-refractivity contribution in [3.8, 4) is 5.75 Å². The highest BCUT2D eigenvalue weighted by Crippen LogP contribution is 2.51. The molecule has 3 rings (SSSR count). The highest BCUT2D eigenvalue weighted by molar-refractivity contribution is 7.72. The maximum absolute atomic E-state index is 13.8. The van der Waals surface area contributed by atoms with Crippen molar-refractivity contribution in [3.05, 3.63) is 52.0 Å². The third kappa shape index (κ3) is 6.89. The zero-order chi connectivity index (χ0) is 26.7. The molecule has 0 aliphatic carbocycles. The number of aliphatic hydroxyl groups is 2. The SMILES string of the molecule is CC(C)OC(=O)[C@H](C)CP(=O)(OC[C@H]1O[C@@H](n2ccc(=S)[nH]c2=S)C(C)(O)[C@H]1O)Oc1ccccc1. The van der Waals surface area contributed by atoms with E-state index in [1.165, 1.54) is 11.5 Å². The number of aromatic nitrogens is 2. The predicted molar refractivity (Wildman–Crippen MR) is 137 cm³/mol. The lowest BCUT2D eigenvalue weighted by Crippen LogP contribution is -2.44. The second-order valence-electron chi connectivity index (χ2n) is 9.10. The number of rotatable bonds is 10. The predicted octanol–water partition coefficient (Wildman–Crippen LogP) is 4.16. The summed E-state index contributed by atoms with van der Waals surface area (Å²) >= 11 is 10.3. The van der Waals surface area contributed by atoms with Crippen LogP contribution in [0, 0.1) is 15.3 Å². The molecule has 1 aliphatic rings. The second-order valence-corrected chi connectivity index (χ2v) is 11.9. The number of benzene rings is 1. The van der Waals surface area contributed by atoms with Gasteiger partial charge in [-0.15, -0.1) is 0 Å². The van der Waals surface area contributed by atoms with Crippen molar-refractivity contribution >= 4 is 38.0 Å². The van der Waals surface area contributed by atoms with E-state index in [4.69, 9.17) is 43.0 Å². The van der Waals surface area contributed by atoms with Gasteiger partial charge in [-0.25, -0.2) is 4.57 Å². The number of aliphatic hydroxyl groups excluding tert-OH is 1. The molecule has 10 nitrogen and oxygen atoms in total. The van der Waals surface area contributed by atoms with Crippen LogP contribution in [-0.4, -0.2) is 62.4 Å². The fourth-order valence-corrected chi connectivity index (χ4v) is 6.05. The van der Waals surface area contributed by atoms with Gasteiger partial charge in [0.15, 0.2) is 11.0 Å². The Morgan fingerprint density at radius 2 is 1.92 bits per heavy atom. The summed E-state index contributed by atoms with van der Waals surface area (Å²) in [5, 5.41) is 21.8. The summed E-state index contributed by atoms with van der Waals surface area (Å²) in [6.45, 7) is 6.01. The maximum atomic E-state index is 13.8. The number of carbonyl (C=O) groups is 1. The number of ether oxygens (including phenoxy) is 2. The number of carbonyl (C=O) groups excluding carboxylic acids is 1. The molecule has 1 aliphatic heterocycles. The van der Waals surface area contributed by atoms with Gasteiger partial charge in [-0.1, -0.05) is 37.3 Å². The first-order valence-corrected chi connectivity index (χ1v) is 13.9. The van der Waals surface area contributed by atoms with Crippen LogP contribution in [0.1, 0.15) is 33.9 Å². The number of nitrogens with zero attached hydrogens (tertiary/aromatic N) is 1. The Hall–Kier alpha value is -1.92. The Bertz CT molecular complexity index is 1220. The Morgan fingerprint density at radius 3 is 2.53 bits per heavy atom. The number of esters is 1. The molecule has 1 fully saturated rings. The Kier molecular flexibility index (Phi) is 9.26. The Labute approximate surface area is 219 Å². The van der Waals surface area contributed by atoms with Gasteiger partial charge in [0.1, 0.15) is 28.2 Å². The lowest BCUT2D eigenvalue weighted by atomic mass is 9.96. The molecule has 1 aromatic carbocycles. The Morgan fingerprint density at radius 1 is 1.25 bits per heavy atom. The number of H-pyrrole nitrogens is 1. The normalized spacial score (nSPS) is 26.4. The van der Waals surface area contributed by atoms with Crippen LogP contribution in [0.2, 0.25) is 0 Å². The number of aromatic amines is 1. The molecular formula is C23H31N2O8PS2. The maximum Gasteiger partial charge on any atom is 0.380 e. The summed E-state index contributed by atoms with van der Waals surface area (Å²) in [6.07, 6.45) is -2.63. The molecule has 0 amide bonds. The average Bonchev–Trinajstić information content (AvgIpc) is 3.01. The van der Waals surface area contributed by atoms with E-state index in [2.05, 4.69) is 4.98 Å². The summed E-state index contributed by atoms with van der Waals surface area (Å²) in [5.41, 5.74) is -1.76. The lowest BCUT2D eigenvalue weighted by molar-refractivity contribution is -0.151. The van der Waals surface area contributed by atoms with Gasteiger partial charge >= 0.3 is 13.6 Å². The topological polar surface area (TPSA) is 132 Å². The molecular weight excluding hydrogens is 527 g/mol. The van der Waals surface area contributed by atoms with Gasteiger partial charge in [-0.2, -0.15) is 0 Å². The summed E-state index contributed by atoms with van der Waals surface area (Å²) in [5.74, 6) is -1.05. The summed E-state index contributed by atoms with van der Waals surface area (Å²) in [7, 11) is -3.94. The van der Waals surface area contributed by atoms with Gasteiger partial charge in [0.25, 0.3) is 0 Å². The van der Waals surface area contributed by atoms with Gasteiger partial charge in [-0.05, 0) is 51.2 Å². The summed E-state index contributed by atoms with van der Waals surface area (Å²) in [4.78, 5) is 15.2. The summed E-state index contributed by atoms with van der Waals surface area (Å²) < 4.78 is 38.3. The van der Waals surface area contributed by atoms with E-state index in [0.29, 0.717) is 4.64 Å². The molecule has 2 heterocycles. The number of para-hydroxylation sites is 1. The average molecular weight is 559 g/mol. The first-order chi connectivity index (χ1) is 16.8. The second kappa shape index (κ2) is 11.6. The molecule has 6 atom stereocenters. The third-order valence-corrected chi connectivity index (χ3v) is 8.11. The fourth-order valence-electron chi connectivity index (χ4n) is 3.69. The van der Waals surface area contributed by atoms with E-state index < -0.39 is 43.5 Å². The Balaban J connectivity index is 1.80. The molecule has 0 radical (unpaired) electrons. The van der Waals surface area contributed by atoms with E-state index in [0.717, 1.165) is 0 Å². The molecule has 0 spiro atoms. The van der Waals surface area contributed by atoms with Crippen LogP contribution in [0.3, 0.4) is 0 Å². The minimum Gasteiger partial charge on any atom is -0.463 e. The van der Waals surface area contributed by atoms with Gasteiger partial charge in [0, 0.05) is 6.20 Å². The lowest BCUT2D eigenvalue weighted by Gasteiger charge is -2.28. The molecule has 13 heteroatoms. The van der Waals surface area contributed by atoms with Crippen molar-refractivity contribution in [2.75, 3.05) is 12.8 Å². The fraction of sp³-hybridized carbons (Fsp3) is 0.522. The molecule has 0 bridgehead atoms. The first-order valence-electron chi connectivity index (χ1n) is 11.4. The zero-order valence-electron chi connectivity index (χ0n) is 20.4. The number of hydrogen-bond donors (Lipinski definition) is 3. The van der Waals surface area contributed by atoms with Crippen LogP contribution in [0.5, 0.6) is 5.75 Å². The minimum absolute atomic E-state index is 0.192. The van der Waals surface area contributed by atoms with Crippen molar-refractivity contribution < 1.29 is 38.1 Å². The highest BCUT2D eigenvalue weighted by Gasteiger charge is 2.53. The van der Waals surface area contributed by atoms with Crippen molar-refractivity contribution in [2.45, 2.75) is 57.8 Å². The molecule has 2 unspecified atom stereocenters. The number of hydrogen-bond acceptors (Lipinski definition) is 10. The van der Waals surface area contributed by atoms with E-state index in [1.54, 1.807) is 63.4 Å². The van der Waals surface area contributed by atoms with E-state index in [-0.39, 0.29) is 29.4 Å². The molecule has 3 N–H and O–H groups in total. The largest absolute Gasteiger partial charge is 0.463 e. The molecule has 0 saturated carbocycles. The molecule has 1 saturated heterocycles. The van der Waals surface area contributed by atoms with Crippen LogP contribution in [-0.2, 0) is 23.4 Å². The van der Waals surface area contributed by atoms with Crippen LogP contribution in [0.25, 0.3) is 0 Å². The van der Waals surface area contributed by atoms with Gasteiger partial charge < -0.3 is 29.2 Å².